The van der Waals surface area contributed by atoms with Gasteiger partial charge in [-0.15, -0.1) is 0 Å². The summed E-state index contributed by atoms with van der Waals surface area (Å²) in [7, 11) is 0. The normalized spacial score (nSPS) is 18.5. The molecule has 1 aliphatic heterocycles. The van der Waals surface area contributed by atoms with Crippen molar-refractivity contribution in [1.82, 2.24) is 26.2 Å². The average molecular weight is 501 g/mol. The standard InChI is InChI=1S/C21H36N6O8/c1-4-11(2)17(22)20(33)25-12(3)18(31)24-8-15(29)23-9-16(30)27-7-5-6-14(27)19(32)26-13(10-28)21(34)35/h11-14,17,28H,4-10,22H2,1-3H3,(H,23,29)(H,24,31)(H,25,33)(H,26,32)(H,34,35)/t11-,12-,13-,14-,17-/m0/s1. The maximum Gasteiger partial charge on any atom is 0.328 e. The van der Waals surface area contributed by atoms with Crippen LogP contribution in [0.25, 0.3) is 0 Å². The van der Waals surface area contributed by atoms with Crippen LogP contribution in [-0.2, 0) is 28.8 Å². The molecule has 0 aromatic rings. The molecule has 8 N–H and O–H groups in total. The van der Waals surface area contributed by atoms with Crippen molar-refractivity contribution in [1.29, 1.82) is 0 Å². The highest BCUT2D eigenvalue weighted by molar-refractivity contribution is 5.94. The zero-order valence-corrected chi connectivity index (χ0v) is 20.2. The molecule has 0 bridgehead atoms. The zero-order chi connectivity index (χ0) is 26.7. The van der Waals surface area contributed by atoms with E-state index >= 15 is 0 Å². The summed E-state index contributed by atoms with van der Waals surface area (Å²) in [6, 6.07) is -4.09. The Bertz CT molecular complexity index is 807. The molecule has 0 aromatic heterocycles. The van der Waals surface area contributed by atoms with Gasteiger partial charge >= 0.3 is 5.97 Å². The van der Waals surface area contributed by atoms with Gasteiger partial charge in [0.2, 0.25) is 29.5 Å². The molecule has 1 heterocycles. The highest BCUT2D eigenvalue weighted by Crippen LogP contribution is 2.17. The number of aliphatic hydroxyl groups is 1. The summed E-state index contributed by atoms with van der Waals surface area (Å²) in [6.07, 6.45) is 1.51. The van der Waals surface area contributed by atoms with Gasteiger partial charge in [0, 0.05) is 6.54 Å². The van der Waals surface area contributed by atoms with E-state index in [2.05, 4.69) is 21.3 Å². The number of amides is 5. The van der Waals surface area contributed by atoms with Crippen molar-refractivity contribution < 1.29 is 39.0 Å². The second-order valence-electron chi connectivity index (χ2n) is 8.46. The van der Waals surface area contributed by atoms with Crippen LogP contribution >= 0.6 is 0 Å². The molecule has 0 aliphatic carbocycles. The average Bonchev–Trinajstić information content (AvgIpc) is 3.32. The Balaban J connectivity index is 2.47. The Morgan fingerprint density at radius 1 is 1.03 bits per heavy atom. The zero-order valence-electron chi connectivity index (χ0n) is 20.2. The molecule has 0 radical (unpaired) electrons. The first kappa shape index (κ1) is 29.8. The van der Waals surface area contributed by atoms with Crippen LogP contribution in [-0.4, -0.2) is 101 Å². The van der Waals surface area contributed by atoms with Gasteiger partial charge in [0.05, 0.1) is 25.7 Å². The third-order valence-electron chi connectivity index (χ3n) is 5.84. The summed E-state index contributed by atoms with van der Waals surface area (Å²) in [5.74, 6) is -4.48. The van der Waals surface area contributed by atoms with Crippen molar-refractivity contribution in [3.05, 3.63) is 0 Å². The molecule has 1 fully saturated rings. The molecule has 0 aromatic carbocycles. The summed E-state index contributed by atoms with van der Waals surface area (Å²) in [4.78, 5) is 73.3. The second kappa shape index (κ2) is 14.2. The monoisotopic (exact) mass is 500 g/mol. The maximum absolute atomic E-state index is 12.5. The van der Waals surface area contributed by atoms with Crippen LogP contribution in [0.3, 0.4) is 0 Å². The van der Waals surface area contributed by atoms with E-state index in [1.807, 2.05) is 13.8 Å². The van der Waals surface area contributed by atoms with Crippen LogP contribution in [0.5, 0.6) is 0 Å². The van der Waals surface area contributed by atoms with Crippen LogP contribution in [0.1, 0.15) is 40.0 Å². The molecule has 14 heteroatoms. The van der Waals surface area contributed by atoms with Crippen LogP contribution in [0.2, 0.25) is 0 Å². The molecule has 1 rings (SSSR count). The highest BCUT2D eigenvalue weighted by atomic mass is 16.4. The minimum Gasteiger partial charge on any atom is -0.480 e. The lowest BCUT2D eigenvalue weighted by molar-refractivity contribution is -0.144. The van der Waals surface area contributed by atoms with Crippen molar-refractivity contribution in [3.8, 4) is 0 Å². The van der Waals surface area contributed by atoms with E-state index in [1.54, 1.807) is 0 Å². The van der Waals surface area contributed by atoms with Crippen LogP contribution in [0.15, 0.2) is 0 Å². The lowest BCUT2D eigenvalue weighted by Crippen LogP contribution is -2.54. The van der Waals surface area contributed by atoms with Gasteiger partial charge < -0.3 is 42.1 Å². The lowest BCUT2D eigenvalue weighted by Gasteiger charge is -2.25. The van der Waals surface area contributed by atoms with Gasteiger partial charge in [0.25, 0.3) is 0 Å². The third kappa shape index (κ3) is 9.13. The van der Waals surface area contributed by atoms with Crippen LogP contribution in [0, 0.1) is 5.92 Å². The van der Waals surface area contributed by atoms with E-state index in [-0.39, 0.29) is 12.5 Å². The van der Waals surface area contributed by atoms with Gasteiger partial charge in [-0.25, -0.2) is 4.79 Å². The van der Waals surface area contributed by atoms with E-state index in [4.69, 9.17) is 15.9 Å². The Morgan fingerprint density at radius 2 is 1.69 bits per heavy atom. The van der Waals surface area contributed by atoms with Gasteiger partial charge in [0.1, 0.15) is 18.1 Å². The highest BCUT2D eigenvalue weighted by Gasteiger charge is 2.35. The first-order valence-corrected chi connectivity index (χ1v) is 11.5. The quantitative estimate of drug-likeness (QED) is 0.134. The van der Waals surface area contributed by atoms with E-state index in [1.165, 1.54) is 11.8 Å². The molecule has 14 nitrogen and oxygen atoms in total. The van der Waals surface area contributed by atoms with Gasteiger partial charge in [-0.05, 0) is 25.7 Å². The number of carbonyl (C=O) groups is 6. The summed E-state index contributed by atoms with van der Waals surface area (Å²) < 4.78 is 0. The number of nitrogens with two attached hydrogens (primary N) is 1. The fraction of sp³-hybridized carbons (Fsp3) is 0.714. The van der Waals surface area contributed by atoms with E-state index < -0.39 is 79.4 Å². The first-order chi connectivity index (χ1) is 16.4. The van der Waals surface area contributed by atoms with Gasteiger partial charge in [-0.2, -0.15) is 0 Å². The van der Waals surface area contributed by atoms with Crippen molar-refractivity contribution in [2.75, 3.05) is 26.2 Å². The number of nitrogens with zero attached hydrogens (tertiary/aromatic N) is 1. The van der Waals surface area contributed by atoms with Gasteiger partial charge in [0.15, 0.2) is 0 Å². The second-order valence-corrected chi connectivity index (χ2v) is 8.46. The summed E-state index contributed by atoms with van der Waals surface area (Å²) in [6.45, 7) is 3.73. The molecule has 1 saturated heterocycles. The number of aliphatic carboxylic acids is 1. The number of carbonyl (C=O) groups excluding carboxylic acids is 5. The molecule has 198 valence electrons. The Morgan fingerprint density at radius 3 is 2.26 bits per heavy atom. The maximum atomic E-state index is 12.5. The smallest absolute Gasteiger partial charge is 0.328 e. The number of rotatable bonds is 13. The number of nitrogens with one attached hydrogen (secondary N) is 4. The van der Waals surface area contributed by atoms with Crippen molar-refractivity contribution in [3.63, 3.8) is 0 Å². The number of carboxylic acids is 1. The van der Waals surface area contributed by atoms with Crippen molar-refractivity contribution in [2.24, 2.45) is 11.7 Å². The Labute approximate surface area is 203 Å². The van der Waals surface area contributed by atoms with Crippen molar-refractivity contribution >= 4 is 35.5 Å². The number of carboxylic acid groups (broad SMARTS) is 1. The minimum absolute atomic E-state index is 0.0665. The molecule has 0 spiro atoms. The van der Waals surface area contributed by atoms with Crippen molar-refractivity contribution in [2.45, 2.75) is 64.2 Å². The summed E-state index contributed by atoms with van der Waals surface area (Å²) in [5.41, 5.74) is 5.83. The Hall–Kier alpha value is -3.26. The number of hydrogen-bond donors (Lipinski definition) is 7. The van der Waals surface area contributed by atoms with Crippen LogP contribution in [0.4, 0.5) is 0 Å². The molecule has 5 amide bonds. The predicted molar refractivity (Wildman–Crippen MR) is 122 cm³/mol. The molecule has 1 aliphatic rings. The van der Waals surface area contributed by atoms with E-state index in [9.17, 15) is 28.8 Å². The molecule has 0 unspecified atom stereocenters. The third-order valence-corrected chi connectivity index (χ3v) is 5.84. The van der Waals surface area contributed by atoms with Gasteiger partial charge in [-0.3, -0.25) is 24.0 Å². The SMILES string of the molecule is CC[C@H](C)[C@H](N)C(=O)N[C@@H](C)C(=O)NCC(=O)NCC(=O)N1CCC[C@H]1C(=O)N[C@@H](CO)C(=O)O. The molecular weight excluding hydrogens is 464 g/mol. The molecule has 0 saturated carbocycles. The summed E-state index contributed by atoms with van der Waals surface area (Å²) >= 11 is 0. The van der Waals surface area contributed by atoms with E-state index in [0.717, 1.165) is 0 Å². The minimum atomic E-state index is -1.48. The predicted octanol–water partition coefficient (Wildman–Crippen LogP) is -3.35. The topological polar surface area (TPSA) is 220 Å². The largest absolute Gasteiger partial charge is 0.480 e. The first-order valence-electron chi connectivity index (χ1n) is 11.5. The summed E-state index contributed by atoms with van der Waals surface area (Å²) in [5, 5.41) is 27.4. The fourth-order valence-electron chi connectivity index (χ4n) is 3.34. The molecule has 5 atom stereocenters. The number of likely N-dealkylation sites (tertiary alicyclic amines) is 1. The fourth-order valence-corrected chi connectivity index (χ4v) is 3.34. The number of hydrogen-bond acceptors (Lipinski definition) is 8. The molecular formula is C21H36N6O8. The molecule has 35 heavy (non-hydrogen) atoms. The van der Waals surface area contributed by atoms with Crippen LogP contribution < -0.4 is 27.0 Å². The van der Waals surface area contributed by atoms with Gasteiger partial charge in [-0.1, -0.05) is 20.3 Å². The Kier molecular flexibility index (Phi) is 12.1. The lowest BCUT2D eigenvalue weighted by atomic mass is 9.99. The van der Waals surface area contributed by atoms with E-state index in [0.29, 0.717) is 19.3 Å². The number of aliphatic hydroxyl groups excluding tert-OH is 1.